The van der Waals surface area contributed by atoms with Crippen molar-refractivity contribution in [1.29, 1.82) is 0 Å². The van der Waals surface area contributed by atoms with Crippen LogP contribution in [0.5, 0.6) is 0 Å². The molecule has 2 nitrogen and oxygen atoms in total. The van der Waals surface area contributed by atoms with Gasteiger partial charge in [0.05, 0.1) is 0 Å². The molecule has 1 aromatic carbocycles. The molecule has 0 unspecified atom stereocenters. The maximum atomic E-state index is 4.60. The number of thioether (sulfide) groups is 1. The Balaban J connectivity index is 2.47. The van der Waals surface area contributed by atoms with Crippen molar-refractivity contribution in [2.75, 3.05) is 6.26 Å². The quantitative estimate of drug-likeness (QED) is 0.736. The minimum atomic E-state index is 0.956. The van der Waals surface area contributed by atoms with E-state index in [-0.39, 0.29) is 0 Å². The van der Waals surface area contributed by atoms with Gasteiger partial charge in [-0.25, -0.2) is 4.98 Å². The molecular formula is C12H14N2S. The molecule has 1 aromatic heterocycles. The number of rotatable bonds is 3. The predicted molar refractivity (Wildman–Crippen MR) is 65.1 cm³/mol. The second-order valence-electron chi connectivity index (χ2n) is 3.26. The molecule has 1 heterocycles. The summed E-state index contributed by atoms with van der Waals surface area (Å²) in [6.45, 7) is 3.09. The topological polar surface area (TPSA) is 17.8 Å². The molecule has 0 saturated heterocycles. The van der Waals surface area contributed by atoms with E-state index in [0.29, 0.717) is 0 Å². The number of hydrogen-bond acceptors (Lipinski definition) is 2. The van der Waals surface area contributed by atoms with Crippen LogP contribution in [0.1, 0.15) is 6.92 Å². The number of aryl methyl sites for hydroxylation is 1. The van der Waals surface area contributed by atoms with Crippen LogP contribution in [0, 0.1) is 0 Å². The van der Waals surface area contributed by atoms with Gasteiger partial charge in [0.1, 0.15) is 10.9 Å². The van der Waals surface area contributed by atoms with Gasteiger partial charge < -0.3 is 4.57 Å². The van der Waals surface area contributed by atoms with Crippen molar-refractivity contribution in [1.82, 2.24) is 9.55 Å². The van der Waals surface area contributed by atoms with Crippen LogP contribution in [-0.2, 0) is 6.54 Å². The second kappa shape index (κ2) is 4.53. The van der Waals surface area contributed by atoms with E-state index < -0.39 is 0 Å². The van der Waals surface area contributed by atoms with Crippen LogP contribution < -0.4 is 0 Å². The SMILES string of the molecule is CCn1cc(SC)nc1-c1ccccc1. The van der Waals surface area contributed by atoms with Crippen LogP contribution in [0.15, 0.2) is 41.6 Å². The molecule has 2 aromatic rings. The smallest absolute Gasteiger partial charge is 0.141 e. The van der Waals surface area contributed by atoms with Gasteiger partial charge in [0.2, 0.25) is 0 Å². The van der Waals surface area contributed by atoms with Gasteiger partial charge in [0, 0.05) is 18.3 Å². The number of hydrogen-bond donors (Lipinski definition) is 0. The van der Waals surface area contributed by atoms with Crippen LogP contribution in [0.2, 0.25) is 0 Å². The molecule has 0 saturated carbocycles. The van der Waals surface area contributed by atoms with Crippen LogP contribution in [0.25, 0.3) is 11.4 Å². The summed E-state index contributed by atoms with van der Waals surface area (Å²) in [5.74, 6) is 1.06. The van der Waals surface area contributed by atoms with Gasteiger partial charge in [0.25, 0.3) is 0 Å². The van der Waals surface area contributed by atoms with Crippen molar-refractivity contribution in [3.63, 3.8) is 0 Å². The third-order valence-corrected chi connectivity index (χ3v) is 2.95. The molecule has 15 heavy (non-hydrogen) atoms. The highest BCUT2D eigenvalue weighted by atomic mass is 32.2. The first-order valence-corrected chi connectivity index (χ1v) is 6.24. The fourth-order valence-electron chi connectivity index (χ4n) is 1.55. The summed E-state index contributed by atoms with van der Waals surface area (Å²) in [4.78, 5) is 4.60. The molecule has 0 atom stereocenters. The van der Waals surface area contributed by atoms with Crippen molar-refractivity contribution in [2.24, 2.45) is 0 Å². The molecule has 0 aliphatic carbocycles. The van der Waals surface area contributed by atoms with Crippen LogP contribution in [0.4, 0.5) is 0 Å². The monoisotopic (exact) mass is 218 g/mol. The van der Waals surface area contributed by atoms with Gasteiger partial charge in [-0.2, -0.15) is 0 Å². The summed E-state index contributed by atoms with van der Waals surface area (Å²) in [7, 11) is 0. The molecular weight excluding hydrogens is 204 g/mol. The highest BCUT2D eigenvalue weighted by Crippen LogP contribution is 2.22. The molecule has 0 bridgehead atoms. The van der Waals surface area contributed by atoms with E-state index in [2.05, 4.69) is 41.1 Å². The van der Waals surface area contributed by atoms with E-state index in [0.717, 1.165) is 17.4 Å². The average molecular weight is 218 g/mol. The number of nitrogens with zero attached hydrogens (tertiary/aromatic N) is 2. The van der Waals surface area contributed by atoms with Crippen LogP contribution in [0.3, 0.4) is 0 Å². The molecule has 0 aliphatic rings. The number of benzene rings is 1. The summed E-state index contributed by atoms with van der Waals surface area (Å²) >= 11 is 1.68. The largest absolute Gasteiger partial charge is 0.330 e. The molecule has 0 amide bonds. The highest BCUT2D eigenvalue weighted by Gasteiger charge is 2.07. The Hall–Kier alpha value is -1.22. The zero-order chi connectivity index (χ0) is 10.7. The average Bonchev–Trinajstić information content (AvgIpc) is 2.73. The summed E-state index contributed by atoms with van der Waals surface area (Å²) in [6.07, 6.45) is 4.16. The zero-order valence-electron chi connectivity index (χ0n) is 8.97. The van der Waals surface area contributed by atoms with Crippen LogP contribution >= 0.6 is 11.8 Å². The maximum Gasteiger partial charge on any atom is 0.141 e. The fourth-order valence-corrected chi connectivity index (χ4v) is 1.96. The lowest BCUT2D eigenvalue weighted by Crippen LogP contribution is -1.95. The summed E-state index contributed by atoms with van der Waals surface area (Å²) in [6, 6.07) is 10.3. The van der Waals surface area contributed by atoms with Gasteiger partial charge in [0.15, 0.2) is 0 Å². The Morgan fingerprint density at radius 2 is 2.00 bits per heavy atom. The van der Waals surface area contributed by atoms with E-state index in [9.17, 15) is 0 Å². The van der Waals surface area contributed by atoms with Gasteiger partial charge in [-0.15, -0.1) is 11.8 Å². The first kappa shape index (κ1) is 10.3. The van der Waals surface area contributed by atoms with E-state index in [1.807, 2.05) is 18.2 Å². The minimum absolute atomic E-state index is 0.956. The summed E-state index contributed by atoms with van der Waals surface area (Å²) < 4.78 is 2.18. The maximum absolute atomic E-state index is 4.60. The van der Waals surface area contributed by atoms with E-state index in [1.165, 1.54) is 5.56 Å². The molecule has 0 radical (unpaired) electrons. The molecule has 0 N–H and O–H groups in total. The lowest BCUT2D eigenvalue weighted by atomic mass is 10.2. The lowest BCUT2D eigenvalue weighted by Gasteiger charge is -2.03. The molecule has 0 spiro atoms. The number of imidazole rings is 1. The van der Waals surface area contributed by atoms with Gasteiger partial charge in [-0.3, -0.25) is 0 Å². The third-order valence-electron chi connectivity index (χ3n) is 2.34. The normalized spacial score (nSPS) is 10.5. The van der Waals surface area contributed by atoms with Crippen molar-refractivity contribution in [3.05, 3.63) is 36.5 Å². The first-order chi connectivity index (χ1) is 7.35. The van der Waals surface area contributed by atoms with Crippen molar-refractivity contribution >= 4 is 11.8 Å². The molecule has 0 aliphatic heterocycles. The summed E-state index contributed by atoms with van der Waals surface area (Å²) in [5, 5.41) is 1.08. The van der Waals surface area contributed by atoms with E-state index in [4.69, 9.17) is 0 Å². The minimum Gasteiger partial charge on any atom is -0.330 e. The molecule has 2 rings (SSSR count). The van der Waals surface area contributed by atoms with Gasteiger partial charge in [-0.05, 0) is 13.2 Å². The highest BCUT2D eigenvalue weighted by molar-refractivity contribution is 7.98. The Morgan fingerprint density at radius 1 is 1.27 bits per heavy atom. The predicted octanol–water partition coefficient (Wildman–Crippen LogP) is 3.29. The Labute approximate surface area is 94.3 Å². The van der Waals surface area contributed by atoms with Gasteiger partial charge in [-0.1, -0.05) is 30.3 Å². The van der Waals surface area contributed by atoms with Crippen molar-refractivity contribution in [2.45, 2.75) is 18.5 Å². The molecule has 0 fully saturated rings. The zero-order valence-corrected chi connectivity index (χ0v) is 9.79. The fraction of sp³-hybridized carbons (Fsp3) is 0.250. The van der Waals surface area contributed by atoms with Crippen molar-refractivity contribution < 1.29 is 0 Å². The molecule has 3 heteroatoms. The van der Waals surface area contributed by atoms with Gasteiger partial charge >= 0.3 is 0 Å². The molecule has 78 valence electrons. The summed E-state index contributed by atoms with van der Waals surface area (Å²) in [5.41, 5.74) is 1.18. The van der Waals surface area contributed by atoms with Crippen LogP contribution in [-0.4, -0.2) is 15.8 Å². The van der Waals surface area contributed by atoms with Crippen molar-refractivity contribution in [3.8, 4) is 11.4 Å². The Morgan fingerprint density at radius 3 is 2.60 bits per heavy atom. The lowest BCUT2D eigenvalue weighted by molar-refractivity contribution is 0.769. The Bertz CT molecular complexity index is 434. The third kappa shape index (κ3) is 2.07. The van der Waals surface area contributed by atoms with E-state index >= 15 is 0 Å². The Kier molecular flexibility index (Phi) is 3.11. The number of aromatic nitrogens is 2. The second-order valence-corrected chi connectivity index (χ2v) is 4.09. The van der Waals surface area contributed by atoms with E-state index in [1.54, 1.807) is 11.8 Å². The standard InChI is InChI=1S/C12H14N2S/c1-3-14-9-11(15-2)13-12(14)10-7-5-4-6-8-10/h4-9H,3H2,1-2H3. The first-order valence-electron chi connectivity index (χ1n) is 5.01.